The van der Waals surface area contributed by atoms with E-state index in [9.17, 15) is 9.59 Å². The third-order valence-corrected chi connectivity index (χ3v) is 9.46. The average Bonchev–Trinajstić information content (AvgIpc) is 3.50. The van der Waals surface area contributed by atoms with E-state index in [1.807, 2.05) is 25.1 Å². The summed E-state index contributed by atoms with van der Waals surface area (Å²) in [6.45, 7) is 2.68. The third-order valence-electron chi connectivity index (χ3n) is 9.46. The number of methoxy groups -OCH3 is 1. The van der Waals surface area contributed by atoms with Crippen molar-refractivity contribution in [1.29, 1.82) is 0 Å². The van der Waals surface area contributed by atoms with Gasteiger partial charge in [-0.15, -0.1) is 0 Å². The average molecular weight is 564 g/mol. The van der Waals surface area contributed by atoms with E-state index < -0.39 is 0 Å². The van der Waals surface area contributed by atoms with E-state index in [0.717, 1.165) is 72.1 Å². The van der Waals surface area contributed by atoms with Gasteiger partial charge in [0.15, 0.2) is 0 Å². The molecule has 0 spiro atoms. The number of benzene rings is 2. The van der Waals surface area contributed by atoms with Crippen LogP contribution in [0, 0.1) is 0 Å². The van der Waals surface area contributed by atoms with Gasteiger partial charge in [0, 0.05) is 22.0 Å². The van der Waals surface area contributed by atoms with Crippen LogP contribution in [-0.2, 0) is 11.3 Å². The fourth-order valence-corrected chi connectivity index (χ4v) is 7.22. The molecule has 0 unspecified atom stereocenters. The number of nitrogens with zero attached hydrogens (tertiary/aromatic N) is 3. The summed E-state index contributed by atoms with van der Waals surface area (Å²) in [7, 11) is 1.69. The molecule has 2 saturated carbocycles. The highest BCUT2D eigenvalue weighted by Crippen LogP contribution is 2.48. The van der Waals surface area contributed by atoms with Crippen LogP contribution in [0.3, 0.4) is 0 Å². The lowest BCUT2D eigenvalue weighted by Gasteiger charge is -2.28. The Labute approximate surface area is 246 Å². The first-order valence-corrected chi connectivity index (χ1v) is 15.4. The van der Waals surface area contributed by atoms with Crippen LogP contribution in [0.4, 0.5) is 0 Å². The van der Waals surface area contributed by atoms with Gasteiger partial charge in [-0.05, 0) is 92.0 Å². The number of hydrogen-bond donors (Lipinski definition) is 0. The first kappa shape index (κ1) is 26.7. The molecule has 1 aliphatic heterocycles. The predicted molar refractivity (Wildman–Crippen MR) is 164 cm³/mol. The van der Waals surface area contributed by atoms with Gasteiger partial charge in [-0.25, -0.2) is 4.79 Å². The van der Waals surface area contributed by atoms with Crippen LogP contribution in [-0.4, -0.2) is 40.3 Å². The van der Waals surface area contributed by atoms with E-state index in [1.54, 1.807) is 13.3 Å². The van der Waals surface area contributed by atoms with Crippen LogP contribution in [0.2, 0.25) is 0 Å². The molecule has 0 atom stereocenters. The number of carbonyl (C=O) groups excluding carboxylic acids is 2. The Morgan fingerprint density at radius 2 is 1.86 bits per heavy atom. The van der Waals surface area contributed by atoms with Crippen molar-refractivity contribution in [3.8, 4) is 17.0 Å². The summed E-state index contributed by atoms with van der Waals surface area (Å²) < 4.78 is 15.6. The Morgan fingerprint density at radius 1 is 1.02 bits per heavy atom. The highest BCUT2D eigenvalue weighted by Gasteiger charge is 2.33. The summed E-state index contributed by atoms with van der Waals surface area (Å²) in [5.74, 6) is 0.888. The van der Waals surface area contributed by atoms with Crippen LogP contribution in [0.25, 0.3) is 33.8 Å². The third kappa shape index (κ3) is 4.37. The molecular formula is C35H37N3O4. The van der Waals surface area contributed by atoms with Crippen molar-refractivity contribution in [2.24, 2.45) is 0 Å². The normalized spacial score (nSPS) is 17.1. The smallest absolute Gasteiger partial charge is 0.341 e. The number of esters is 1. The highest BCUT2D eigenvalue weighted by molar-refractivity contribution is 6.02. The topological polar surface area (TPSA) is 75.3 Å². The van der Waals surface area contributed by atoms with Gasteiger partial charge in [0.25, 0.3) is 0 Å². The largest absolute Gasteiger partial charge is 0.497 e. The maximum absolute atomic E-state index is 13.3. The number of aromatic nitrogens is 3. The second kappa shape index (κ2) is 10.9. The molecule has 3 heterocycles. The maximum atomic E-state index is 13.3. The van der Waals surface area contributed by atoms with Gasteiger partial charge in [-0.2, -0.15) is 5.10 Å². The number of hydrogen-bond acceptors (Lipinski definition) is 5. The molecule has 2 aromatic heterocycles. The minimum atomic E-state index is -0.349. The number of carbonyl (C=O) groups is 2. The molecule has 0 saturated heterocycles. The van der Waals surface area contributed by atoms with Crippen LogP contribution in [0.5, 0.6) is 5.75 Å². The van der Waals surface area contributed by atoms with Gasteiger partial charge in [-0.3, -0.25) is 9.48 Å². The van der Waals surface area contributed by atoms with Gasteiger partial charge in [0.05, 0.1) is 43.9 Å². The molecule has 2 fully saturated rings. The fraction of sp³-hybridized carbons (Fsp3) is 0.400. The van der Waals surface area contributed by atoms with Crippen molar-refractivity contribution in [2.75, 3.05) is 13.7 Å². The van der Waals surface area contributed by atoms with Gasteiger partial charge in [0.1, 0.15) is 17.6 Å². The Hall–Kier alpha value is -4.13. The lowest BCUT2D eigenvalue weighted by Crippen LogP contribution is -2.21. The van der Waals surface area contributed by atoms with E-state index >= 15 is 0 Å². The number of fused-ring (bicyclic) bond motifs is 5. The van der Waals surface area contributed by atoms with E-state index in [4.69, 9.17) is 14.6 Å². The summed E-state index contributed by atoms with van der Waals surface area (Å²) in [5, 5.41) is 5.97. The molecule has 42 heavy (non-hydrogen) atoms. The molecule has 4 aromatic rings. The van der Waals surface area contributed by atoms with E-state index in [-0.39, 0.29) is 12.0 Å². The molecular weight excluding hydrogens is 526 g/mol. The van der Waals surface area contributed by atoms with Crippen molar-refractivity contribution >= 4 is 34.8 Å². The lowest BCUT2D eigenvalue weighted by atomic mass is 9.81. The van der Waals surface area contributed by atoms with Crippen molar-refractivity contribution < 1.29 is 19.1 Å². The minimum Gasteiger partial charge on any atom is -0.497 e. The number of rotatable bonds is 7. The van der Waals surface area contributed by atoms with Crippen LogP contribution >= 0.6 is 0 Å². The lowest BCUT2D eigenvalue weighted by molar-refractivity contribution is 0.0525. The number of allylic oxidation sites excluding steroid dienone is 1. The summed E-state index contributed by atoms with van der Waals surface area (Å²) in [5.41, 5.74) is 8.81. The number of aldehydes is 1. The first-order chi connectivity index (χ1) is 20.6. The second-order valence-electron chi connectivity index (χ2n) is 11.9. The fourth-order valence-electron chi connectivity index (χ4n) is 7.22. The molecule has 0 amide bonds. The summed E-state index contributed by atoms with van der Waals surface area (Å²) >= 11 is 0. The monoisotopic (exact) mass is 563 g/mol. The van der Waals surface area contributed by atoms with Gasteiger partial charge in [0.2, 0.25) is 0 Å². The summed E-state index contributed by atoms with van der Waals surface area (Å²) in [4.78, 5) is 25.2. The first-order valence-electron chi connectivity index (χ1n) is 15.4. The van der Waals surface area contributed by atoms with E-state index in [0.29, 0.717) is 30.2 Å². The quantitative estimate of drug-likeness (QED) is 0.169. The van der Waals surface area contributed by atoms with Crippen molar-refractivity contribution in [2.45, 2.75) is 76.8 Å². The summed E-state index contributed by atoms with van der Waals surface area (Å²) in [6.07, 6.45) is 14.1. The Balaban J connectivity index is 1.52. The molecule has 2 aromatic carbocycles. The molecule has 2 aliphatic carbocycles. The molecule has 0 radical (unpaired) electrons. The van der Waals surface area contributed by atoms with Gasteiger partial charge >= 0.3 is 5.97 Å². The maximum Gasteiger partial charge on any atom is 0.341 e. The SMILES string of the molecule is CCOC(=O)c1cnn(C2CCC2)c1C1=Cc2cc(OC)ccc2-c2c(C3CCCCC3)c3ccc(C=O)cc3n2C1. The Bertz CT molecular complexity index is 1720. The molecule has 0 bridgehead atoms. The number of ether oxygens (including phenoxy) is 2. The summed E-state index contributed by atoms with van der Waals surface area (Å²) in [6, 6.07) is 12.7. The highest BCUT2D eigenvalue weighted by atomic mass is 16.5. The Morgan fingerprint density at radius 3 is 2.57 bits per heavy atom. The van der Waals surface area contributed by atoms with E-state index in [2.05, 4.69) is 33.5 Å². The van der Waals surface area contributed by atoms with Crippen molar-refractivity contribution in [3.63, 3.8) is 0 Å². The van der Waals surface area contributed by atoms with Crippen molar-refractivity contribution in [3.05, 3.63) is 70.5 Å². The van der Waals surface area contributed by atoms with Gasteiger partial charge < -0.3 is 14.0 Å². The molecule has 7 rings (SSSR count). The molecule has 0 N–H and O–H groups in total. The molecule has 3 aliphatic rings. The van der Waals surface area contributed by atoms with Crippen LogP contribution in [0.1, 0.15) is 108 Å². The predicted octanol–water partition coefficient (Wildman–Crippen LogP) is 7.83. The van der Waals surface area contributed by atoms with Crippen LogP contribution in [0.15, 0.2) is 42.6 Å². The second-order valence-corrected chi connectivity index (χ2v) is 11.9. The zero-order valence-corrected chi connectivity index (χ0v) is 24.4. The minimum absolute atomic E-state index is 0.262. The molecule has 216 valence electrons. The standard InChI is InChI=1S/C35H37N3O4/c1-3-42-35(40)30-19-36-38(26-10-7-11-26)33(30)25-17-24-18-27(41-2)13-15-28(24)34-32(23-8-5-4-6-9-23)29-14-12-22(21-39)16-31(29)37(34)20-25/h12-19,21,23,26H,3-11,20H2,1-2H3. The zero-order valence-electron chi connectivity index (χ0n) is 24.4. The molecule has 7 nitrogen and oxygen atoms in total. The zero-order chi connectivity index (χ0) is 28.8. The van der Waals surface area contributed by atoms with E-state index in [1.165, 1.54) is 35.9 Å². The molecule has 7 heteroatoms. The van der Waals surface area contributed by atoms with Gasteiger partial charge in [-0.1, -0.05) is 31.4 Å². The van der Waals surface area contributed by atoms with Crippen LogP contribution < -0.4 is 4.74 Å². The Kier molecular flexibility index (Phi) is 6.96. The van der Waals surface area contributed by atoms with Crippen molar-refractivity contribution in [1.82, 2.24) is 14.3 Å².